The van der Waals surface area contributed by atoms with Crippen LogP contribution >= 0.6 is 0 Å². The molecule has 130 valence electrons. The zero-order valence-electron chi connectivity index (χ0n) is 14.3. The number of ether oxygens (including phenoxy) is 2. The number of nitrogens with one attached hydrogen (secondary N) is 1. The molecule has 0 aromatic heterocycles. The largest absolute Gasteiger partial charge is 0.497 e. The second kappa shape index (κ2) is 7.61. The van der Waals surface area contributed by atoms with Crippen molar-refractivity contribution < 1.29 is 17.9 Å². The monoisotopic (exact) mass is 342 g/mol. The summed E-state index contributed by atoms with van der Waals surface area (Å²) in [5, 5.41) is 0. The highest BCUT2D eigenvalue weighted by Gasteiger charge is 2.24. The highest BCUT2D eigenvalue weighted by Crippen LogP contribution is 2.25. The zero-order valence-corrected chi connectivity index (χ0v) is 15.1. The van der Waals surface area contributed by atoms with E-state index in [2.05, 4.69) is 9.62 Å². The Labute approximate surface area is 138 Å². The van der Waals surface area contributed by atoms with Crippen LogP contribution in [0.25, 0.3) is 0 Å². The molecule has 1 fully saturated rings. The summed E-state index contributed by atoms with van der Waals surface area (Å²) >= 11 is 0. The molecule has 0 spiro atoms. The molecule has 1 unspecified atom stereocenters. The fraction of sp³-hybridized carbons (Fsp3) is 0.625. The van der Waals surface area contributed by atoms with E-state index in [-0.39, 0.29) is 6.04 Å². The van der Waals surface area contributed by atoms with E-state index in [0.717, 1.165) is 13.1 Å². The lowest BCUT2D eigenvalue weighted by Gasteiger charge is -2.29. The van der Waals surface area contributed by atoms with Crippen LogP contribution in [-0.2, 0) is 14.8 Å². The summed E-state index contributed by atoms with van der Waals surface area (Å²) in [4.78, 5) is 2.55. The number of aryl methyl sites for hydroxylation is 2. The average molecular weight is 342 g/mol. The maximum Gasteiger partial charge on any atom is 0.241 e. The Balaban J connectivity index is 2.12. The van der Waals surface area contributed by atoms with Gasteiger partial charge in [-0.3, -0.25) is 4.90 Å². The van der Waals surface area contributed by atoms with Crippen LogP contribution in [0.3, 0.4) is 0 Å². The molecule has 0 bridgehead atoms. The first kappa shape index (κ1) is 18.2. The Kier molecular flexibility index (Phi) is 6.02. The van der Waals surface area contributed by atoms with E-state index in [1.54, 1.807) is 33.1 Å². The first-order valence-corrected chi connectivity index (χ1v) is 9.29. The number of morpholine rings is 1. The van der Waals surface area contributed by atoms with Gasteiger partial charge in [0.25, 0.3) is 0 Å². The molecule has 2 rings (SSSR count). The van der Waals surface area contributed by atoms with Crippen LogP contribution in [0.1, 0.15) is 18.1 Å². The van der Waals surface area contributed by atoms with Crippen molar-refractivity contribution >= 4 is 10.0 Å². The normalized spacial score (nSPS) is 17.9. The van der Waals surface area contributed by atoms with Gasteiger partial charge in [0.2, 0.25) is 10.0 Å². The van der Waals surface area contributed by atoms with Gasteiger partial charge in [0, 0.05) is 25.7 Å². The molecule has 1 atom stereocenters. The van der Waals surface area contributed by atoms with Crippen LogP contribution in [0, 0.1) is 13.8 Å². The van der Waals surface area contributed by atoms with Crippen LogP contribution < -0.4 is 9.46 Å². The SMILES string of the molecule is COc1cc(C)c(S(=O)(=O)NC(C)CN2CCOCC2)c(C)c1. The molecule has 1 aromatic carbocycles. The molecule has 0 amide bonds. The molecule has 23 heavy (non-hydrogen) atoms. The van der Waals surface area contributed by atoms with Crippen molar-refractivity contribution in [2.75, 3.05) is 40.0 Å². The van der Waals surface area contributed by atoms with E-state index >= 15 is 0 Å². The molecule has 1 aromatic rings. The maximum atomic E-state index is 12.7. The van der Waals surface area contributed by atoms with Crippen molar-refractivity contribution in [1.82, 2.24) is 9.62 Å². The summed E-state index contributed by atoms with van der Waals surface area (Å²) in [5.41, 5.74) is 1.38. The standard InChI is InChI=1S/C16H26N2O4S/c1-12-9-15(21-4)10-13(2)16(12)23(19,20)17-14(3)11-18-5-7-22-8-6-18/h9-10,14,17H,5-8,11H2,1-4H3. The molecular formula is C16H26N2O4S. The number of nitrogens with zero attached hydrogens (tertiary/aromatic N) is 1. The third-order valence-electron chi connectivity index (χ3n) is 3.93. The first-order valence-electron chi connectivity index (χ1n) is 7.81. The molecule has 1 aliphatic rings. The Morgan fingerprint density at radius 3 is 2.35 bits per heavy atom. The van der Waals surface area contributed by atoms with E-state index in [1.165, 1.54) is 0 Å². The van der Waals surface area contributed by atoms with E-state index < -0.39 is 10.0 Å². The van der Waals surface area contributed by atoms with Gasteiger partial charge in [0.1, 0.15) is 5.75 Å². The van der Waals surface area contributed by atoms with Gasteiger partial charge in [-0.05, 0) is 44.0 Å². The zero-order chi connectivity index (χ0) is 17.0. The minimum Gasteiger partial charge on any atom is -0.497 e. The number of sulfonamides is 1. The Morgan fingerprint density at radius 2 is 1.83 bits per heavy atom. The van der Waals surface area contributed by atoms with Crippen molar-refractivity contribution in [3.05, 3.63) is 23.3 Å². The van der Waals surface area contributed by atoms with Crippen molar-refractivity contribution in [2.24, 2.45) is 0 Å². The number of methoxy groups -OCH3 is 1. The number of rotatable bonds is 6. The predicted octanol–water partition coefficient (Wildman–Crippen LogP) is 1.31. The molecule has 1 N–H and O–H groups in total. The molecule has 0 radical (unpaired) electrons. The minimum absolute atomic E-state index is 0.168. The van der Waals surface area contributed by atoms with Crippen LogP contribution in [-0.4, -0.2) is 59.3 Å². The molecule has 0 saturated carbocycles. The minimum atomic E-state index is -3.56. The third-order valence-corrected chi connectivity index (χ3v) is 5.82. The van der Waals surface area contributed by atoms with Crippen molar-refractivity contribution in [3.8, 4) is 5.75 Å². The molecule has 7 heteroatoms. The van der Waals surface area contributed by atoms with E-state index in [4.69, 9.17) is 9.47 Å². The Hall–Kier alpha value is -1.15. The molecule has 0 aliphatic carbocycles. The van der Waals surface area contributed by atoms with Crippen molar-refractivity contribution in [2.45, 2.75) is 31.7 Å². The van der Waals surface area contributed by atoms with Crippen LogP contribution in [0.4, 0.5) is 0 Å². The highest BCUT2D eigenvalue weighted by atomic mass is 32.2. The molecular weight excluding hydrogens is 316 g/mol. The lowest BCUT2D eigenvalue weighted by Crippen LogP contribution is -2.46. The molecule has 1 saturated heterocycles. The number of hydrogen-bond donors (Lipinski definition) is 1. The summed E-state index contributed by atoms with van der Waals surface area (Å²) in [6.45, 7) is 9.23. The Morgan fingerprint density at radius 1 is 1.26 bits per heavy atom. The van der Waals surface area contributed by atoms with E-state index in [9.17, 15) is 8.42 Å². The lowest BCUT2D eigenvalue weighted by molar-refractivity contribution is 0.0354. The van der Waals surface area contributed by atoms with Crippen molar-refractivity contribution in [1.29, 1.82) is 0 Å². The second-order valence-electron chi connectivity index (χ2n) is 6.03. The second-order valence-corrected chi connectivity index (χ2v) is 7.68. The Bertz CT molecular complexity index is 616. The smallest absolute Gasteiger partial charge is 0.241 e. The van der Waals surface area contributed by atoms with Gasteiger partial charge >= 0.3 is 0 Å². The fourth-order valence-corrected chi connectivity index (χ4v) is 4.67. The summed E-state index contributed by atoms with van der Waals surface area (Å²) in [5.74, 6) is 0.667. The van der Waals surface area contributed by atoms with Crippen LogP contribution in [0.2, 0.25) is 0 Å². The summed E-state index contributed by atoms with van der Waals surface area (Å²) in [6.07, 6.45) is 0. The maximum absolute atomic E-state index is 12.7. The number of benzene rings is 1. The van der Waals surface area contributed by atoms with Gasteiger partial charge in [-0.1, -0.05) is 0 Å². The summed E-state index contributed by atoms with van der Waals surface area (Å²) in [6, 6.07) is 3.32. The van der Waals surface area contributed by atoms with E-state index in [0.29, 0.717) is 41.5 Å². The molecule has 1 heterocycles. The summed E-state index contributed by atoms with van der Waals surface area (Å²) < 4.78 is 38.8. The number of hydrogen-bond acceptors (Lipinski definition) is 5. The van der Waals surface area contributed by atoms with Gasteiger partial charge in [-0.2, -0.15) is 0 Å². The van der Waals surface area contributed by atoms with Gasteiger partial charge < -0.3 is 9.47 Å². The molecule has 6 nitrogen and oxygen atoms in total. The van der Waals surface area contributed by atoms with Gasteiger partial charge in [0.15, 0.2) is 0 Å². The van der Waals surface area contributed by atoms with Crippen molar-refractivity contribution in [3.63, 3.8) is 0 Å². The van der Waals surface area contributed by atoms with Gasteiger partial charge in [0.05, 0.1) is 25.2 Å². The topological polar surface area (TPSA) is 67.9 Å². The highest BCUT2D eigenvalue weighted by molar-refractivity contribution is 7.89. The van der Waals surface area contributed by atoms with Gasteiger partial charge in [-0.15, -0.1) is 0 Å². The van der Waals surface area contributed by atoms with Crippen LogP contribution in [0.15, 0.2) is 17.0 Å². The fourth-order valence-electron chi connectivity index (χ4n) is 2.98. The van der Waals surface area contributed by atoms with Crippen LogP contribution in [0.5, 0.6) is 5.75 Å². The lowest BCUT2D eigenvalue weighted by atomic mass is 10.1. The third kappa shape index (κ3) is 4.67. The quantitative estimate of drug-likeness (QED) is 0.844. The first-order chi connectivity index (χ1) is 10.8. The van der Waals surface area contributed by atoms with E-state index in [1.807, 2.05) is 6.92 Å². The summed E-state index contributed by atoms with van der Waals surface area (Å²) in [7, 11) is -1.99. The average Bonchev–Trinajstić information content (AvgIpc) is 2.46. The predicted molar refractivity (Wildman–Crippen MR) is 89.5 cm³/mol. The van der Waals surface area contributed by atoms with Gasteiger partial charge in [-0.25, -0.2) is 13.1 Å². The molecule has 1 aliphatic heterocycles.